The summed E-state index contributed by atoms with van der Waals surface area (Å²) in [6, 6.07) is 8.73. The number of morpholine rings is 1. The summed E-state index contributed by atoms with van der Waals surface area (Å²) < 4.78 is 7.44. The van der Waals surface area contributed by atoms with Gasteiger partial charge >= 0.3 is 5.97 Å². The molecule has 1 aliphatic carbocycles. The number of rotatable bonds is 5. The Morgan fingerprint density at radius 3 is 2.81 bits per heavy atom. The Hall–Kier alpha value is -2.22. The number of piperidine rings is 1. The van der Waals surface area contributed by atoms with Crippen molar-refractivity contribution in [1.82, 2.24) is 19.6 Å². The zero-order valence-corrected chi connectivity index (χ0v) is 18.9. The Labute approximate surface area is 190 Å². The van der Waals surface area contributed by atoms with Gasteiger partial charge in [-0.25, -0.2) is 4.68 Å². The van der Waals surface area contributed by atoms with Crippen molar-refractivity contribution in [3.05, 3.63) is 47.8 Å². The molecule has 2 aliphatic heterocycles. The van der Waals surface area contributed by atoms with Crippen molar-refractivity contribution >= 4 is 5.97 Å². The Kier molecular flexibility index (Phi) is 6.05. The molecule has 5 rings (SSSR count). The first-order valence-corrected chi connectivity index (χ1v) is 11.9. The minimum atomic E-state index is -0.618. The van der Waals surface area contributed by atoms with Crippen LogP contribution in [0.25, 0.3) is 5.69 Å². The van der Waals surface area contributed by atoms with Crippen molar-refractivity contribution < 1.29 is 14.6 Å². The van der Waals surface area contributed by atoms with Gasteiger partial charge in [0.2, 0.25) is 0 Å². The van der Waals surface area contributed by atoms with Crippen LogP contribution in [0.2, 0.25) is 0 Å². The number of fused-ring (bicyclic) bond motifs is 1. The maximum atomic E-state index is 12.5. The Balaban J connectivity index is 1.27. The van der Waals surface area contributed by atoms with Crippen molar-refractivity contribution in [2.45, 2.75) is 45.2 Å². The third kappa shape index (κ3) is 4.09. The molecule has 0 bridgehead atoms. The SMILES string of the molecule is Cc1ccccc1-n1cc(CN2CC[C@@H]3C[C@H](N4CCOCC4)CC[C@@]3(C(=O)O)C2)cn1. The highest BCUT2D eigenvalue weighted by Crippen LogP contribution is 2.48. The summed E-state index contributed by atoms with van der Waals surface area (Å²) in [4.78, 5) is 17.4. The first-order chi connectivity index (χ1) is 15.5. The van der Waals surface area contributed by atoms with Crippen LogP contribution in [0.1, 0.15) is 36.8 Å². The molecule has 7 nitrogen and oxygen atoms in total. The molecule has 3 atom stereocenters. The Morgan fingerprint density at radius 2 is 2.03 bits per heavy atom. The molecule has 1 N–H and O–H groups in total. The Bertz CT molecular complexity index is 954. The molecule has 2 aromatic rings. The summed E-state index contributed by atoms with van der Waals surface area (Å²) in [6.07, 6.45) is 7.71. The molecule has 172 valence electrons. The van der Waals surface area contributed by atoms with Gasteiger partial charge in [-0.1, -0.05) is 18.2 Å². The van der Waals surface area contributed by atoms with Gasteiger partial charge in [0.1, 0.15) is 0 Å². The van der Waals surface area contributed by atoms with E-state index in [4.69, 9.17) is 4.74 Å². The fraction of sp³-hybridized carbons (Fsp3) is 0.600. The largest absolute Gasteiger partial charge is 0.481 e. The normalized spacial score (nSPS) is 29.5. The molecule has 0 amide bonds. The molecule has 32 heavy (non-hydrogen) atoms. The van der Waals surface area contributed by atoms with Gasteiger partial charge in [-0.15, -0.1) is 0 Å². The molecule has 1 saturated carbocycles. The van der Waals surface area contributed by atoms with Crippen LogP contribution in [0.4, 0.5) is 0 Å². The predicted octanol–water partition coefficient (Wildman–Crippen LogP) is 2.96. The highest BCUT2D eigenvalue weighted by Gasteiger charge is 2.52. The molecule has 0 radical (unpaired) electrons. The molecule has 2 saturated heterocycles. The van der Waals surface area contributed by atoms with E-state index in [0.717, 1.165) is 76.3 Å². The quantitative estimate of drug-likeness (QED) is 0.774. The lowest BCUT2D eigenvalue weighted by atomic mass is 9.61. The second kappa shape index (κ2) is 8.96. The summed E-state index contributed by atoms with van der Waals surface area (Å²) in [5.41, 5.74) is 2.78. The minimum absolute atomic E-state index is 0.257. The predicted molar refractivity (Wildman–Crippen MR) is 122 cm³/mol. The molecular weight excluding hydrogens is 404 g/mol. The second-order valence-corrected chi connectivity index (χ2v) is 9.81. The van der Waals surface area contributed by atoms with Crippen LogP contribution in [0, 0.1) is 18.3 Å². The van der Waals surface area contributed by atoms with Gasteiger partial charge in [-0.05, 0) is 56.7 Å². The first-order valence-electron chi connectivity index (χ1n) is 11.9. The summed E-state index contributed by atoms with van der Waals surface area (Å²) >= 11 is 0. The van der Waals surface area contributed by atoms with E-state index in [9.17, 15) is 9.90 Å². The van der Waals surface area contributed by atoms with E-state index < -0.39 is 11.4 Å². The van der Waals surface area contributed by atoms with Crippen molar-refractivity contribution in [2.75, 3.05) is 39.4 Å². The number of carbonyl (C=O) groups is 1. The van der Waals surface area contributed by atoms with Crippen LogP contribution in [0.15, 0.2) is 36.7 Å². The van der Waals surface area contributed by atoms with E-state index in [1.807, 2.05) is 23.0 Å². The molecule has 0 unspecified atom stereocenters. The topological polar surface area (TPSA) is 70.8 Å². The molecule has 0 spiro atoms. The zero-order chi connectivity index (χ0) is 22.1. The monoisotopic (exact) mass is 438 g/mol. The van der Waals surface area contributed by atoms with Crippen molar-refractivity contribution in [1.29, 1.82) is 0 Å². The summed E-state index contributed by atoms with van der Waals surface area (Å²) in [6.45, 7) is 7.99. The molecule has 1 aromatic heterocycles. The Morgan fingerprint density at radius 1 is 1.22 bits per heavy atom. The van der Waals surface area contributed by atoms with Gasteiger partial charge in [0, 0.05) is 44.0 Å². The lowest BCUT2D eigenvalue weighted by Gasteiger charge is -2.52. The van der Waals surface area contributed by atoms with Crippen LogP contribution >= 0.6 is 0 Å². The van der Waals surface area contributed by atoms with Gasteiger partial charge in [-0.2, -0.15) is 5.10 Å². The molecule has 3 heterocycles. The maximum Gasteiger partial charge on any atom is 0.311 e. The van der Waals surface area contributed by atoms with Crippen molar-refractivity contribution in [3.63, 3.8) is 0 Å². The van der Waals surface area contributed by atoms with E-state index in [1.165, 1.54) is 5.56 Å². The number of ether oxygens (including phenoxy) is 1. The van der Waals surface area contributed by atoms with Gasteiger partial charge in [0.05, 0.1) is 30.5 Å². The highest BCUT2D eigenvalue weighted by atomic mass is 16.5. The lowest BCUT2D eigenvalue weighted by Crippen LogP contribution is -2.58. The molecule has 7 heteroatoms. The maximum absolute atomic E-state index is 12.5. The van der Waals surface area contributed by atoms with Crippen LogP contribution < -0.4 is 0 Å². The summed E-state index contributed by atoms with van der Waals surface area (Å²) in [5.74, 6) is -0.351. The number of aliphatic carboxylic acids is 1. The number of hydrogen-bond acceptors (Lipinski definition) is 5. The van der Waals surface area contributed by atoms with E-state index in [2.05, 4.69) is 40.2 Å². The first kappa shape index (κ1) is 21.6. The molecule has 1 aromatic carbocycles. The molecular formula is C25H34N4O3. The van der Waals surface area contributed by atoms with Crippen molar-refractivity contribution in [3.8, 4) is 5.69 Å². The third-order valence-electron chi connectivity index (χ3n) is 7.95. The van der Waals surface area contributed by atoms with E-state index in [0.29, 0.717) is 12.6 Å². The van der Waals surface area contributed by atoms with Crippen LogP contribution in [-0.2, 0) is 16.1 Å². The van der Waals surface area contributed by atoms with Crippen LogP contribution in [0.3, 0.4) is 0 Å². The average Bonchev–Trinajstić information content (AvgIpc) is 3.27. The number of para-hydroxylation sites is 1. The third-order valence-corrected chi connectivity index (χ3v) is 7.95. The fourth-order valence-electron chi connectivity index (χ4n) is 6.13. The van der Waals surface area contributed by atoms with E-state index >= 15 is 0 Å². The number of carboxylic acid groups (broad SMARTS) is 1. The van der Waals surface area contributed by atoms with E-state index in [-0.39, 0.29) is 5.92 Å². The number of nitrogens with zero attached hydrogens (tertiary/aromatic N) is 4. The van der Waals surface area contributed by atoms with Gasteiger partial charge in [0.15, 0.2) is 0 Å². The average molecular weight is 439 g/mol. The fourth-order valence-corrected chi connectivity index (χ4v) is 6.13. The minimum Gasteiger partial charge on any atom is -0.481 e. The molecule has 3 fully saturated rings. The number of carboxylic acids is 1. The van der Waals surface area contributed by atoms with E-state index in [1.54, 1.807) is 0 Å². The standard InChI is InChI=1S/C25H34N4O3/c1-19-4-2-3-5-23(19)29-17-20(15-26-29)16-27-9-7-21-14-22(28-10-12-32-13-11-28)6-8-25(21,18-27)24(30)31/h2-5,15,17,21-22H,6-14,16,18H2,1H3,(H,30,31)/t21-,22-,25-/m1/s1. The lowest BCUT2D eigenvalue weighted by molar-refractivity contribution is -0.163. The second-order valence-electron chi connectivity index (χ2n) is 9.81. The van der Waals surface area contributed by atoms with Crippen LogP contribution in [0.5, 0.6) is 0 Å². The number of aryl methyl sites for hydroxylation is 1. The van der Waals surface area contributed by atoms with Gasteiger partial charge in [0.25, 0.3) is 0 Å². The molecule has 3 aliphatic rings. The zero-order valence-electron chi connectivity index (χ0n) is 18.9. The summed E-state index contributed by atoms with van der Waals surface area (Å²) in [5, 5.41) is 14.9. The number of likely N-dealkylation sites (tertiary alicyclic amines) is 1. The van der Waals surface area contributed by atoms with Crippen molar-refractivity contribution in [2.24, 2.45) is 11.3 Å². The summed E-state index contributed by atoms with van der Waals surface area (Å²) in [7, 11) is 0. The number of benzene rings is 1. The van der Waals surface area contributed by atoms with Gasteiger partial charge in [-0.3, -0.25) is 14.6 Å². The highest BCUT2D eigenvalue weighted by molar-refractivity contribution is 5.76. The smallest absolute Gasteiger partial charge is 0.311 e. The number of hydrogen-bond donors (Lipinski definition) is 1. The van der Waals surface area contributed by atoms with Crippen LogP contribution in [-0.4, -0.2) is 76.1 Å². The number of aromatic nitrogens is 2. The van der Waals surface area contributed by atoms with Gasteiger partial charge < -0.3 is 9.84 Å².